The van der Waals surface area contributed by atoms with Gasteiger partial charge in [0.25, 0.3) is 0 Å². The number of nitrogens with one attached hydrogen (secondary N) is 1. The third-order valence-corrected chi connectivity index (χ3v) is 2.62. The zero-order valence-electron chi connectivity index (χ0n) is 10.2. The molecule has 1 atom stereocenters. The van der Waals surface area contributed by atoms with E-state index in [1.807, 2.05) is 12.3 Å². The quantitative estimate of drug-likeness (QED) is 0.851. The lowest BCUT2D eigenvalue weighted by Gasteiger charge is -2.13. The van der Waals surface area contributed by atoms with Gasteiger partial charge in [0.1, 0.15) is 12.7 Å². The van der Waals surface area contributed by atoms with Crippen LogP contribution in [-0.4, -0.2) is 26.3 Å². The predicted molar refractivity (Wildman–Crippen MR) is 65.9 cm³/mol. The lowest BCUT2D eigenvalue weighted by Crippen LogP contribution is -2.19. The molecule has 90 valence electrons. The largest absolute Gasteiger partial charge is 0.310 e. The lowest BCUT2D eigenvalue weighted by molar-refractivity contribution is 0.569. The lowest BCUT2D eigenvalue weighted by atomic mass is 10.1. The van der Waals surface area contributed by atoms with Crippen molar-refractivity contribution in [3.8, 4) is 5.82 Å². The second kappa shape index (κ2) is 5.54. The Kier molecular flexibility index (Phi) is 3.82. The van der Waals surface area contributed by atoms with Gasteiger partial charge in [-0.1, -0.05) is 13.0 Å². The van der Waals surface area contributed by atoms with E-state index in [4.69, 9.17) is 0 Å². The standard InChI is InChI=1S/C12H17N5/c1-3-6-14-10(2)11-4-5-12(15-7-11)17-9-13-8-16-17/h4-5,7-10,14H,3,6H2,1-2H3. The zero-order chi connectivity index (χ0) is 12.1. The van der Waals surface area contributed by atoms with Crippen molar-refractivity contribution < 1.29 is 0 Å². The van der Waals surface area contributed by atoms with Crippen LogP contribution in [0.15, 0.2) is 31.0 Å². The Balaban J connectivity index is 2.08. The van der Waals surface area contributed by atoms with E-state index < -0.39 is 0 Å². The summed E-state index contributed by atoms with van der Waals surface area (Å²) in [6, 6.07) is 4.35. The molecule has 2 aromatic heterocycles. The van der Waals surface area contributed by atoms with Gasteiger partial charge in [0, 0.05) is 12.2 Å². The number of rotatable bonds is 5. The summed E-state index contributed by atoms with van der Waals surface area (Å²) in [6.45, 7) is 5.32. The molecule has 0 radical (unpaired) electrons. The van der Waals surface area contributed by atoms with Crippen LogP contribution in [0.25, 0.3) is 5.82 Å². The van der Waals surface area contributed by atoms with Crippen molar-refractivity contribution >= 4 is 0 Å². The van der Waals surface area contributed by atoms with Crippen LogP contribution in [0.4, 0.5) is 0 Å². The number of pyridine rings is 1. The Hall–Kier alpha value is -1.75. The van der Waals surface area contributed by atoms with Crippen LogP contribution in [0, 0.1) is 0 Å². The molecule has 1 unspecified atom stereocenters. The van der Waals surface area contributed by atoms with E-state index in [0.29, 0.717) is 6.04 Å². The van der Waals surface area contributed by atoms with Crippen LogP contribution in [0.3, 0.4) is 0 Å². The molecule has 2 rings (SSSR count). The van der Waals surface area contributed by atoms with Crippen molar-refractivity contribution in [2.75, 3.05) is 6.54 Å². The van der Waals surface area contributed by atoms with Gasteiger partial charge in [-0.2, -0.15) is 5.10 Å². The predicted octanol–water partition coefficient (Wildman–Crippen LogP) is 1.72. The van der Waals surface area contributed by atoms with Crippen molar-refractivity contribution in [1.29, 1.82) is 0 Å². The van der Waals surface area contributed by atoms with Crippen LogP contribution in [-0.2, 0) is 0 Å². The molecule has 2 heterocycles. The topological polar surface area (TPSA) is 55.6 Å². The molecule has 0 saturated heterocycles. The molecule has 0 aliphatic heterocycles. The highest BCUT2D eigenvalue weighted by Crippen LogP contribution is 2.12. The van der Waals surface area contributed by atoms with E-state index in [0.717, 1.165) is 18.8 Å². The van der Waals surface area contributed by atoms with Gasteiger partial charge in [-0.25, -0.2) is 14.6 Å². The average molecular weight is 231 g/mol. The molecule has 0 fully saturated rings. The first-order chi connectivity index (χ1) is 8.31. The summed E-state index contributed by atoms with van der Waals surface area (Å²) in [7, 11) is 0. The highest BCUT2D eigenvalue weighted by molar-refractivity contribution is 5.25. The van der Waals surface area contributed by atoms with Gasteiger partial charge in [-0.05, 0) is 31.5 Å². The fourth-order valence-corrected chi connectivity index (χ4v) is 1.59. The third kappa shape index (κ3) is 2.88. The number of hydrogen-bond acceptors (Lipinski definition) is 4. The molecule has 5 nitrogen and oxygen atoms in total. The maximum atomic E-state index is 4.37. The Bertz CT molecular complexity index is 434. The zero-order valence-corrected chi connectivity index (χ0v) is 10.2. The van der Waals surface area contributed by atoms with Crippen LogP contribution < -0.4 is 5.32 Å². The van der Waals surface area contributed by atoms with Gasteiger partial charge in [0.05, 0.1) is 0 Å². The molecule has 0 bridgehead atoms. The van der Waals surface area contributed by atoms with Crippen LogP contribution >= 0.6 is 0 Å². The van der Waals surface area contributed by atoms with Gasteiger partial charge in [0.2, 0.25) is 0 Å². The van der Waals surface area contributed by atoms with E-state index >= 15 is 0 Å². The first-order valence-corrected chi connectivity index (χ1v) is 5.85. The first-order valence-electron chi connectivity index (χ1n) is 5.85. The van der Waals surface area contributed by atoms with E-state index in [1.165, 1.54) is 11.9 Å². The first kappa shape index (κ1) is 11.7. The highest BCUT2D eigenvalue weighted by Gasteiger charge is 2.05. The molecule has 0 amide bonds. The summed E-state index contributed by atoms with van der Waals surface area (Å²) in [4.78, 5) is 8.27. The van der Waals surface area contributed by atoms with Crippen molar-refractivity contribution in [3.63, 3.8) is 0 Å². The van der Waals surface area contributed by atoms with E-state index in [9.17, 15) is 0 Å². The van der Waals surface area contributed by atoms with Gasteiger partial charge < -0.3 is 5.32 Å². The number of nitrogens with zero attached hydrogens (tertiary/aromatic N) is 4. The smallest absolute Gasteiger partial charge is 0.155 e. The maximum Gasteiger partial charge on any atom is 0.155 e. The Labute approximate surface area is 101 Å². The Morgan fingerprint density at radius 3 is 2.88 bits per heavy atom. The summed E-state index contributed by atoms with van der Waals surface area (Å²) in [5.41, 5.74) is 1.18. The fraction of sp³-hybridized carbons (Fsp3) is 0.417. The van der Waals surface area contributed by atoms with E-state index in [1.54, 1.807) is 11.0 Å². The van der Waals surface area contributed by atoms with Crippen LogP contribution in [0.5, 0.6) is 0 Å². The minimum absolute atomic E-state index is 0.326. The van der Waals surface area contributed by atoms with Crippen molar-refractivity contribution in [1.82, 2.24) is 25.1 Å². The molecule has 17 heavy (non-hydrogen) atoms. The molecular weight excluding hydrogens is 214 g/mol. The highest BCUT2D eigenvalue weighted by atomic mass is 15.3. The fourth-order valence-electron chi connectivity index (χ4n) is 1.59. The van der Waals surface area contributed by atoms with Crippen LogP contribution in [0.2, 0.25) is 0 Å². The molecule has 1 N–H and O–H groups in total. The Morgan fingerprint density at radius 1 is 1.41 bits per heavy atom. The average Bonchev–Trinajstić information content (AvgIpc) is 2.90. The van der Waals surface area contributed by atoms with Crippen LogP contribution in [0.1, 0.15) is 31.9 Å². The number of hydrogen-bond donors (Lipinski definition) is 1. The summed E-state index contributed by atoms with van der Waals surface area (Å²) >= 11 is 0. The summed E-state index contributed by atoms with van der Waals surface area (Å²) in [5, 5.41) is 7.47. The second-order valence-corrected chi connectivity index (χ2v) is 3.97. The van der Waals surface area contributed by atoms with Crippen molar-refractivity contribution in [3.05, 3.63) is 36.5 Å². The van der Waals surface area contributed by atoms with E-state index in [-0.39, 0.29) is 0 Å². The van der Waals surface area contributed by atoms with E-state index in [2.05, 4.69) is 40.3 Å². The molecule has 0 aromatic carbocycles. The van der Waals surface area contributed by atoms with Crippen molar-refractivity contribution in [2.45, 2.75) is 26.3 Å². The minimum atomic E-state index is 0.326. The number of aromatic nitrogens is 4. The Morgan fingerprint density at radius 2 is 2.29 bits per heavy atom. The summed E-state index contributed by atoms with van der Waals surface area (Å²) in [6.07, 6.45) is 6.15. The minimum Gasteiger partial charge on any atom is -0.310 e. The molecular formula is C12H17N5. The normalized spacial score (nSPS) is 12.6. The molecule has 5 heteroatoms. The summed E-state index contributed by atoms with van der Waals surface area (Å²) in [5.74, 6) is 0.786. The SMILES string of the molecule is CCCNC(C)c1ccc(-n2cncn2)nc1. The molecule has 0 saturated carbocycles. The van der Waals surface area contributed by atoms with Gasteiger partial charge in [0.15, 0.2) is 5.82 Å². The summed E-state index contributed by atoms with van der Waals surface area (Å²) < 4.78 is 1.65. The molecule has 2 aromatic rings. The second-order valence-electron chi connectivity index (χ2n) is 3.97. The van der Waals surface area contributed by atoms with Crippen molar-refractivity contribution in [2.24, 2.45) is 0 Å². The molecule has 0 aliphatic rings. The molecule has 0 aliphatic carbocycles. The maximum absolute atomic E-state index is 4.37. The van der Waals surface area contributed by atoms with Gasteiger partial charge >= 0.3 is 0 Å². The van der Waals surface area contributed by atoms with Gasteiger partial charge in [-0.15, -0.1) is 0 Å². The molecule has 0 spiro atoms. The third-order valence-electron chi connectivity index (χ3n) is 2.62. The monoisotopic (exact) mass is 231 g/mol. The van der Waals surface area contributed by atoms with Gasteiger partial charge in [-0.3, -0.25) is 0 Å².